The van der Waals surface area contributed by atoms with E-state index in [1.807, 2.05) is 59.5 Å². The van der Waals surface area contributed by atoms with Crippen LogP contribution in [0.25, 0.3) is 0 Å². The zero-order valence-electron chi connectivity index (χ0n) is 17.0. The van der Waals surface area contributed by atoms with E-state index in [0.717, 1.165) is 42.7 Å². The monoisotopic (exact) mass is 403 g/mol. The molecule has 0 bridgehead atoms. The van der Waals surface area contributed by atoms with Crippen molar-refractivity contribution in [2.24, 2.45) is 0 Å². The van der Waals surface area contributed by atoms with Crippen molar-refractivity contribution in [3.8, 4) is 11.5 Å². The molecule has 3 aromatic rings. The van der Waals surface area contributed by atoms with Crippen molar-refractivity contribution >= 4 is 5.91 Å². The number of hydrogen-bond donors (Lipinski definition) is 0. The Bertz CT molecular complexity index is 983. The SMILES string of the molecule is O=C(c1ccccc1F)N(Cc1cccc(Oc2ccccc2)c1)C1CCCCC1. The summed E-state index contributed by atoms with van der Waals surface area (Å²) in [6.07, 6.45) is 5.31. The van der Waals surface area contributed by atoms with Gasteiger partial charge in [0.25, 0.3) is 5.91 Å². The van der Waals surface area contributed by atoms with Crippen LogP contribution in [-0.2, 0) is 6.54 Å². The predicted molar refractivity (Wildman–Crippen MR) is 116 cm³/mol. The molecule has 4 rings (SSSR count). The first-order chi connectivity index (χ1) is 14.7. The van der Waals surface area contributed by atoms with Crippen LogP contribution in [0.5, 0.6) is 11.5 Å². The van der Waals surface area contributed by atoms with E-state index in [-0.39, 0.29) is 17.5 Å². The Labute approximate surface area is 177 Å². The van der Waals surface area contributed by atoms with E-state index in [9.17, 15) is 9.18 Å². The van der Waals surface area contributed by atoms with Gasteiger partial charge < -0.3 is 9.64 Å². The quantitative estimate of drug-likeness (QED) is 0.464. The van der Waals surface area contributed by atoms with E-state index in [2.05, 4.69) is 0 Å². The highest BCUT2D eigenvalue weighted by molar-refractivity contribution is 5.94. The average molecular weight is 403 g/mol. The smallest absolute Gasteiger partial charge is 0.257 e. The van der Waals surface area contributed by atoms with Gasteiger partial charge in [0.1, 0.15) is 17.3 Å². The molecule has 1 aliphatic carbocycles. The van der Waals surface area contributed by atoms with Crippen LogP contribution in [0.1, 0.15) is 48.0 Å². The van der Waals surface area contributed by atoms with Crippen LogP contribution in [0, 0.1) is 5.82 Å². The lowest BCUT2D eigenvalue weighted by Crippen LogP contribution is -2.41. The molecular weight excluding hydrogens is 377 g/mol. The van der Waals surface area contributed by atoms with Crippen LogP contribution in [-0.4, -0.2) is 16.8 Å². The van der Waals surface area contributed by atoms with Crippen molar-refractivity contribution in [2.75, 3.05) is 0 Å². The minimum absolute atomic E-state index is 0.129. The molecule has 0 unspecified atom stereocenters. The van der Waals surface area contributed by atoms with Crippen molar-refractivity contribution in [1.82, 2.24) is 4.90 Å². The van der Waals surface area contributed by atoms with E-state index in [0.29, 0.717) is 6.54 Å². The fourth-order valence-electron chi connectivity index (χ4n) is 4.08. The molecular formula is C26H26FNO2. The maximum atomic E-state index is 14.3. The highest BCUT2D eigenvalue weighted by atomic mass is 19.1. The van der Waals surface area contributed by atoms with Gasteiger partial charge in [0.15, 0.2) is 0 Å². The molecule has 1 aliphatic rings. The molecule has 0 saturated heterocycles. The fourth-order valence-corrected chi connectivity index (χ4v) is 4.08. The molecule has 0 radical (unpaired) electrons. The summed E-state index contributed by atoms with van der Waals surface area (Å²) in [5.41, 5.74) is 1.11. The fraction of sp³-hybridized carbons (Fsp3) is 0.269. The lowest BCUT2D eigenvalue weighted by atomic mass is 9.93. The van der Waals surface area contributed by atoms with Crippen LogP contribution in [0.2, 0.25) is 0 Å². The summed E-state index contributed by atoms with van der Waals surface area (Å²) in [6.45, 7) is 0.434. The van der Waals surface area contributed by atoms with Crippen LogP contribution < -0.4 is 4.74 Å². The van der Waals surface area contributed by atoms with Gasteiger partial charge in [0, 0.05) is 12.6 Å². The number of benzene rings is 3. The normalized spacial score (nSPS) is 14.3. The molecule has 3 aromatic carbocycles. The zero-order valence-corrected chi connectivity index (χ0v) is 17.0. The topological polar surface area (TPSA) is 29.5 Å². The van der Waals surface area contributed by atoms with Crippen molar-refractivity contribution in [3.63, 3.8) is 0 Å². The molecule has 4 heteroatoms. The van der Waals surface area contributed by atoms with Crippen molar-refractivity contribution in [2.45, 2.75) is 44.7 Å². The van der Waals surface area contributed by atoms with Gasteiger partial charge in [-0.05, 0) is 54.8 Å². The third kappa shape index (κ3) is 4.88. The maximum absolute atomic E-state index is 14.3. The molecule has 0 atom stereocenters. The van der Waals surface area contributed by atoms with Crippen molar-refractivity contribution in [3.05, 3.63) is 95.8 Å². The van der Waals surface area contributed by atoms with Gasteiger partial charge in [-0.15, -0.1) is 0 Å². The van der Waals surface area contributed by atoms with E-state index in [4.69, 9.17) is 4.74 Å². The van der Waals surface area contributed by atoms with Gasteiger partial charge in [0.05, 0.1) is 5.56 Å². The molecule has 0 aliphatic heterocycles. The molecule has 0 heterocycles. The number of rotatable bonds is 6. The minimum atomic E-state index is -0.468. The predicted octanol–water partition coefficient (Wildman–Crippen LogP) is 6.59. The Morgan fingerprint density at radius 1 is 0.867 bits per heavy atom. The maximum Gasteiger partial charge on any atom is 0.257 e. The van der Waals surface area contributed by atoms with Crippen LogP contribution in [0.15, 0.2) is 78.9 Å². The second-order valence-corrected chi connectivity index (χ2v) is 7.77. The average Bonchev–Trinajstić information content (AvgIpc) is 2.79. The molecule has 1 saturated carbocycles. The number of ether oxygens (including phenoxy) is 1. The van der Waals surface area contributed by atoms with Gasteiger partial charge in [-0.25, -0.2) is 4.39 Å². The van der Waals surface area contributed by atoms with E-state index >= 15 is 0 Å². The van der Waals surface area contributed by atoms with Crippen LogP contribution in [0.3, 0.4) is 0 Å². The number of para-hydroxylation sites is 1. The first-order valence-corrected chi connectivity index (χ1v) is 10.6. The number of hydrogen-bond acceptors (Lipinski definition) is 2. The van der Waals surface area contributed by atoms with Crippen LogP contribution in [0.4, 0.5) is 4.39 Å². The Kier molecular flexibility index (Phi) is 6.43. The summed E-state index contributed by atoms with van der Waals surface area (Å²) in [5, 5.41) is 0. The Morgan fingerprint density at radius 2 is 1.57 bits per heavy atom. The summed E-state index contributed by atoms with van der Waals surface area (Å²) in [4.78, 5) is 15.1. The molecule has 0 spiro atoms. The molecule has 3 nitrogen and oxygen atoms in total. The minimum Gasteiger partial charge on any atom is -0.457 e. The second kappa shape index (κ2) is 9.57. The summed E-state index contributed by atoms with van der Waals surface area (Å²) in [7, 11) is 0. The molecule has 30 heavy (non-hydrogen) atoms. The number of halogens is 1. The van der Waals surface area contributed by atoms with E-state index < -0.39 is 5.82 Å². The first-order valence-electron chi connectivity index (χ1n) is 10.6. The Hall–Kier alpha value is -3.14. The molecule has 0 N–H and O–H groups in total. The zero-order chi connectivity index (χ0) is 20.8. The van der Waals surface area contributed by atoms with Gasteiger partial charge in [-0.1, -0.05) is 61.7 Å². The largest absolute Gasteiger partial charge is 0.457 e. The third-order valence-corrected chi connectivity index (χ3v) is 5.61. The van der Waals surface area contributed by atoms with Gasteiger partial charge in [0.2, 0.25) is 0 Å². The van der Waals surface area contributed by atoms with Crippen molar-refractivity contribution in [1.29, 1.82) is 0 Å². The highest BCUT2D eigenvalue weighted by Crippen LogP contribution is 2.28. The molecule has 154 valence electrons. The Morgan fingerprint density at radius 3 is 2.33 bits per heavy atom. The molecule has 0 aromatic heterocycles. The summed E-state index contributed by atoms with van der Waals surface area (Å²) in [6, 6.07) is 23.8. The lowest BCUT2D eigenvalue weighted by Gasteiger charge is -2.34. The number of amides is 1. The van der Waals surface area contributed by atoms with Crippen LogP contribution >= 0.6 is 0 Å². The standard InChI is InChI=1S/C26H26FNO2/c27-25-17-8-7-16-24(25)26(29)28(21-11-3-1-4-12-21)19-20-10-9-15-23(18-20)30-22-13-5-2-6-14-22/h2,5-10,13-18,21H,1,3-4,11-12,19H2. The van der Waals surface area contributed by atoms with E-state index in [1.54, 1.807) is 18.2 Å². The number of nitrogens with zero attached hydrogens (tertiary/aromatic N) is 1. The summed E-state index contributed by atoms with van der Waals surface area (Å²) >= 11 is 0. The van der Waals surface area contributed by atoms with Gasteiger partial charge >= 0.3 is 0 Å². The third-order valence-electron chi connectivity index (χ3n) is 5.61. The van der Waals surface area contributed by atoms with Gasteiger partial charge in [-0.3, -0.25) is 4.79 Å². The van der Waals surface area contributed by atoms with Gasteiger partial charge in [-0.2, -0.15) is 0 Å². The van der Waals surface area contributed by atoms with E-state index in [1.165, 1.54) is 12.5 Å². The summed E-state index contributed by atoms with van der Waals surface area (Å²) < 4.78 is 20.3. The molecule has 1 amide bonds. The summed E-state index contributed by atoms with van der Waals surface area (Å²) in [5.74, 6) is 0.778. The number of carbonyl (C=O) groups excluding carboxylic acids is 1. The molecule has 1 fully saturated rings. The lowest BCUT2D eigenvalue weighted by molar-refractivity contribution is 0.0609. The Balaban J connectivity index is 1.58. The first kappa shape index (κ1) is 20.1. The highest BCUT2D eigenvalue weighted by Gasteiger charge is 2.28. The second-order valence-electron chi connectivity index (χ2n) is 7.77. The number of carbonyl (C=O) groups is 1. The van der Waals surface area contributed by atoms with Crippen molar-refractivity contribution < 1.29 is 13.9 Å².